The van der Waals surface area contributed by atoms with Gasteiger partial charge in [-0.1, -0.05) is 6.92 Å². The molecule has 2 atom stereocenters. The second-order valence-corrected chi connectivity index (χ2v) is 4.96. The van der Waals surface area contributed by atoms with Gasteiger partial charge in [-0.15, -0.1) is 0 Å². The highest BCUT2D eigenvalue weighted by atomic mass is 16.2. The Bertz CT molecular complexity index is 559. The zero-order valence-electron chi connectivity index (χ0n) is 11.6. The van der Waals surface area contributed by atoms with E-state index >= 15 is 0 Å². The van der Waals surface area contributed by atoms with Gasteiger partial charge in [-0.3, -0.25) is 9.59 Å². The van der Waals surface area contributed by atoms with Crippen molar-refractivity contribution in [3.8, 4) is 6.07 Å². The molecule has 0 radical (unpaired) electrons. The number of nitrogens with one attached hydrogen (secondary N) is 1. The minimum absolute atomic E-state index is 0.184. The van der Waals surface area contributed by atoms with Gasteiger partial charge in [0.1, 0.15) is 0 Å². The van der Waals surface area contributed by atoms with E-state index in [1.807, 2.05) is 19.9 Å². The molecule has 0 saturated carbocycles. The lowest BCUT2D eigenvalue weighted by molar-refractivity contribution is -0.121. The first-order valence-corrected chi connectivity index (χ1v) is 6.69. The van der Waals surface area contributed by atoms with E-state index in [-0.39, 0.29) is 24.3 Å². The third kappa shape index (κ3) is 2.70. The van der Waals surface area contributed by atoms with Gasteiger partial charge in [-0.25, -0.2) is 4.90 Å². The van der Waals surface area contributed by atoms with Crippen LogP contribution in [-0.2, 0) is 9.59 Å². The first-order chi connectivity index (χ1) is 9.56. The first-order valence-electron chi connectivity index (χ1n) is 6.69. The largest absolute Gasteiger partial charge is 0.303 e. The van der Waals surface area contributed by atoms with Gasteiger partial charge in [-0.05, 0) is 37.6 Å². The van der Waals surface area contributed by atoms with E-state index in [0.717, 1.165) is 6.42 Å². The smallest absolute Gasteiger partial charge is 0.251 e. The summed E-state index contributed by atoms with van der Waals surface area (Å²) in [5.41, 5.74) is 1.02. The third-order valence-electron chi connectivity index (χ3n) is 3.50. The number of amides is 2. The minimum Gasteiger partial charge on any atom is -0.303 e. The summed E-state index contributed by atoms with van der Waals surface area (Å²) in [6, 6.07) is 8.21. The average molecular weight is 271 g/mol. The zero-order chi connectivity index (χ0) is 14.7. The Morgan fingerprint density at radius 1 is 1.40 bits per heavy atom. The first kappa shape index (κ1) is 14.2. The van der Waals surface area contributed by atoms with Crippen molar-refractivity contribution < 1.29 is 9.59 Å². The van der Waals surface area contributed by atoms with Crippen molar-refractivity contribution in [1.29, 1.82) is 5.26 Å². The van der Waals surface area contributed by atoms with Crippen molar-refractivity contribution in [2.24, 2.45) is 0 Å². The number of nitriles is 1. The number of rotatable bonds is 4. The molecular weight excluding hydrogens is 254 g/mol. The number of hydrogen-bond donors (Lipinski definition) is 1. The van der Waals surface area contributed by atoms with Crippen molar-refractivity contribution in [3.05, 3.63) is 29.8 Å². The molecule has 104 valence electrons. The normalized spacial score (nSPS) is 20.1. The van der Waals surface area contributed by atoms with Crippen LogP contribution in [-0.4, -0.2) is 23.9 Å². The van der Waals surface area contributed by atoms with Crippen LogP contribution in [0, 0.1) is 11.3 Å². The predicted molar refractivity (Wildman–Crippen MR) is 74.9 cm³/mol. The molecule has 1 saturated heterocycles. The second-order valence-electron chi connectivity index (χ2n) is 4.96. The molecule has 1 fully saturated rings. The molecular formula is C15H17N3O2. The maximum absolute atomic E-state index is 12.3. The lowest BCUT2D eigenvalue weighted by Gasteiger charge is -2.18. The standard InChI is InChI=1S/C15H17N3O2/c1-3-10(2)17-13-8-14(19)18(15(13)20)12-6-4-11(9-16)5-7-12/h4-7,10,13,17H,3,8H2,1-2H3. The molecule has 2 rings (SSSR count). The predicted octanol–water partition coefficient (Wildman–Crippen LogP) is 1.58. The Balaban J connectivity index is 2.18. The SMILES string of the molecule is CCC(C)NC1CC(=O)N(c2ccc(C#N)cc2)C1=O. The highest BCUT2D eigenvalue weighted by molar-refractivity contribution is 6.22. The lowest BCUT2D eigenvalue weighted by atomic mass is 10.2. The molecule has 5 nitrogen and oxygen atoms in total. The van der Waals surface area contributed by atoms with E-state index in [0.29, 0.717) is 11.3 Å². The van der Waals surface area contributed by atoms with Gasteiger partial charge in [-0.2, -0.15) is 5.26 Å². The number of carbonyl (C=O) groups is 2. The van der Waals surface area contributed by atoms with E-state index in [9.17, 15) is 9.59 Å². The molecule has 1 aromatic rings. The van der Waals surface area contributed by atoms with Crippen LogP contribution in [0.3, 0.4) is 0 Å². The third-order valence-corrected chi connectivity index (χ3v) is 3.50. The van der Waals surface area contributed by atoms with Crippen LogP contribution in [0.2, 0.25) is 0 Å². The number of nitrogens with zero attached hydrogens (tertiary/aromatic N) is 2. The average Bonchev–Trinajstić information content (AvgIpc) is 2.73. The Morgan fingerprint density at radius 2 is 2.05 bits per heavy atom. The molecule has 2 amide bonds. The van der Waals surface area contributed by atoms with Crippen molar-refractivity contribution >= 4 is 17.5 Å². The van der Waals surface area contributed by atoms with Crippen molar-refractivity contribution in [2.75, 3.05) is 4.90 Å². The number of hydrogen-bond acceptors (Lipinski definition) is 4. The van der Waals surface area contributed by atoms with Crippen LogP contribution in [0.1, 0.15) is 32.3 Å². The van der Waals surface area contributed by atoms with Crippen LogP contribution in [0.5, 0.6) is 0 Å². The number of carbonyl (C=O) groups excluding carboxylic acids is 2. The monoisotopic (exact) mass is 271 g/mol. The summed E-state index contributed by atoms with van der Waals surface area (Å²) >= 11 is 0. The molecule has 0 spiro atoms. The van der Waals surface area contributed by atoms with Gasteiger partial charge in [0.2, 0.25) is 5.91 Å². The number of imide groups is 1. The van der Waals surface area contributed by atoms with Crippen LogP contribution in [0.4, 0.5) is 5.69 Å². The van der Waals surface area contributed by atoms with Gasteiger partial charge >= 0.3 is 0 Å². The minimum atomic E-state index is -0.451. The number of anilines is 1. The lowest BCUT2D eigenvalue weighted by Crippen LogP contribution is -2.42. The van der Waals surface area contributed by atoms with Gasteiger partial charge in [0.05, 0.1) is 29.8 Å². The molecule has 20 heavy (non-hydrogen) atoms. The molecule has 1 aliphatic rings. The Hall–Kier alpha value is -2.19. The highest BCUT2D eigenvalue weighted by Gasteiger charge is 2.39. The van der Waals surface area contributed by atoms with E-state index in [1.54, 1.807) is 24.3 Å². The second kappa shape index (κ2) is 5.85. The molecule has 5 heteroatoms. The van der Waals surface area contributed by atoms with Gasteiger partial charge in [0.15, 0.2) is 0 Å². The molecule has 1 heterocycles. The van der Waals surface area contributed by atoms with Crippen molar-refractivity contribution in [2.45, 2.75) is 38.8 Å². The zero-order valence-corrected chi connectivity index (χ0v) is 11.6. The van der Waals surface area contributed by atoms with Gasteiger partial charge in [0.25, 0.3) is 5.91 Å². The fourth-order valence-electron chi connectivity index (χ4n) is 2.18. The Morgan fingerprint density at radius 3 is 2.60 bits per heavy atom. The van der Waals surface area contributed by atoms with E-state index in [1.165, 1.54) is 4.90 Å². The van der Waals surface area contributed by atoms with Gasteiger partial charge in [0, 0.05) is 6.04 Å². The quantitative estimate of drug-likeness (QED) is 0.844. The fraction of sp³-hybridized carbons (Fsp3) is 0.400. The maximum Gasteiger partial charge on any atom is 0.251 e. The summed E-state index contributed by atoms with van der Waals surface area (Å²) in [4.78, 5) is 25.5. The summed E-state index contributed by atoms with van der Waals surface area (Å²) in [6.45, 7) is 4.01. The summed E-state index contributed by atoms with van der Waals surface area (Å²) in [7, 11) is 0. The van der Waals surface area contributed by atoms with Crippen molar-refractivity contribution in [3.63, 3.8) is 0 Å². The maximum atomic E-state index is 12.3. The summed E-state index contributed by atoms with van der Waals surface area (Å²) in [5, 5.41) is 11.9. The van der Waals surface area contributed by atoms with Crippen LogP contribution >= 0.6 is 0 Å². The molecule has 0 bridgehead atoms. The molecule has 2 unspecified atom stereocenters. The van der Waals surface area contributed by atoms with Crippen LogP contribution in [0.25, 0.3) is 0 Å². The summed E-state index contributed by atoms with van der Waals surface area (Å²) in [5.74, 6) is -0.430. The molecule has 1 aliphatic heterocycles. The van der Waals surface area contributed by atoms with Crippen molar-refractivity contribution in [1.82, 2.24) is 5.32 Å². The summed E-state index contributed by atoms with van der Waals surface area (Å²) < 4.78 is 0. The summed E-state index contributed by atoms with van der Waals surface area (Å²) in [6.07, 6.45) is 1.08. The molecule has 1 aromatic carbocycles. The highest BCUT2D eigenvalue weighted by Crippen LogP contribution is 2.23. The van der Waals surface area contributed by atoms with Gasteiger partial charge < -0.3 is 5.32 Å². The fourth-order valence-corrected chi connectivity index (χ4v) is 2.18. The molecule has 0 aliphatic carbocycles. The van der Waals surface area contributed by atoms with E-state index in [4.69, 9.17) is 5.26 Å². The van der Waals surface area contributed by atoms with E-state index in [2.05, 4.69) is 5.32 Å². The van der Waals surface area contributed by atoms with Crippen LogP contribution < -0.4 is 10.2 Å². The molecule has 0 aromatic heterocycles. The van der Waals surface area contributed by atoms with Crippen LogP contribution in [0.15, 0.2) is 24.3 Å². The molecule has 1 N–H and O–H groups in total. The Kier molecular flexibility index (Phi) is 4.16. The topological polar surface area (TPSA) is 73.2 Å². The Labute approximate surface area is 118 Å². The number of benzene rings is 1. The van der Waals surface area contributed by atoms with E-state index < -0.39 is 6.04 Å².